The van der Waals surface area contributed by atoms with E-state index in [0.29, 0.717) is 44.5 Å². The van der Waals surface area contributed by atoms with Crippen molar-refractivity contribution in [3.05, 3.63) is 90.1 Å². The van der Waals surface area contributed by atoms with Crippen molar-refractivity contribution in [1.29, 1.82) is 0 Å². The molecule has 0 aliphatic carbocycles. The number of amides is 2. The van der Waals surface area contributed by atoms with Gasteiger partial charge in [-0.3, -0.25) is 14.6 Å². The Bertz CT molecular complexity index is 1050. The van der Waals surface area contributed by atoms with Crippen LogP contribution in [-0.2, 0) is 11.2 Å². The van der Waals surface area contributed by atoms with Crippen LogP contribution in [0.5, 0.6) is 0 Å². The molecular formula is C26H27N3O2S. The van der Waals surface area contributed by atoms with E-state index in [9.17, 15) is 9.59 Å². The van der Waals surface area contributed by atoms with Crippen molar-refractivity contribution in [2.75, 3.05) is 19.6 Å². The van der Waals surface area contributed by atoms with Gasteiger partial charge in [0.2, 0.25) is 5.91 Å². The number of pyridine rings is 1. The smallest absolute Gasteiger partial charge is 0.253 e. The summed E-state index contributed by atoms with van der Waals surface area (Å²) in [6.45, 7) is 5.26. The molecule has 32 heavy (non-hydrogen) atoms. The van der Waals surface area contributed by atoms with E-state index in [-0.39, 0.29) is 11.8 Å². The number of piperidine rings is 1. The summed E-state index contributed by atoms with van der Waals surface area (Å²) >= 11 is 1.72. The quantitative estimate of drug-likeness (QED) is 0.542. The van der Waals surface area contributed by atoms with E-state index in [0.717, 1.165) is 5.56 Å². The van der Waals surface area contributed by atoms with Crippen molar-refractivity contribution in [1.82, 2.24) is 15.2 Å². The van der Waals surface area contributed by atoms with Crippen LogP contribution in [0.25, 0.3) is 10.4 Å². The van der Waals surface area contributed by atoms with E-state index < -0.39 is 5.41 Å². The zero-order valence-electron chi connectivity index (χ0n) is 18.0. The lowest BCUT2D eigenvalue weighted by atomic mass is 9.72. The topological polar surface area (TPSA) is 62.3 Å². The van der Waals surface area contributed by atoms with Gasteiger partial charge in [0.05, 0.1) is 5.41 Å². The first-order valence-corrected chi connectivity index (χ1v) is 11.7. The third-order valence-corrected chi connectivity index (χ3v) is 7.04. The maximum Gasteiger partial charge on any atom is 0.253 e. The average Bonchev–Trinajstić information content (AvgIpc) is 3.38. The van der Waals surface area contributed by atoms with Gasteiger partial charge in [-0.25, -0.2) is 0 Å². The number of rotatable bonds is 7. The van der Waals surface area contributed by atoms with Crippen LogP contribution in [0.15, 0.2) is 79.0 Å². The Balaban J connectivity index is 1.50. The minimum absolute atomic E-state index is 0.00667. The van der Waals surface area contributed by atoms with E-state index in [4.69, 9.17) is 0 Å². The highest BCUT2D eigenvalue weighted by atomic mass is 32.1. The number of likely N-dealkylation sites (tertiary alicyclic amines) is 1. The molecule has 0 atom stereocenters. The molecule has 6 heteroatoms. The second-order valence-corrected chi connectivity index (χ2v) is 9.11. The first-order valence-electron chi connectivity index (χ1n) is 10.8. The van der Waals surface area contributed by atoms with E-state index in [1.807, 2.05) is 11.0 Å². The predicted molar refractivity (Wildman–Crippen MR) is 128 cm³/mol. The summed E-state index contributed by atoms with van der Waals surface area (Å²) in [4.78, 5) is 33.1. The van der Waals surface area contributed by atoms with Crippen LogP contribution in [0.2, 0.25) is 0 Å². The number of aromatic nitrogens is 1. The largest absolute Gasteiger partial charge is 0.352 e. The summed E-state index contributed by atoms with van der Waals surface area (Å²) in [5.41, 5.74) is 2.41. The van der Waals surface area contributed by atoms with Gasteiger partial charge in [0, 0.05) is 42.5 Å². The number of hydrogen-bond acceptors (Lipinski definition) is 4. The van der Waals surface area contributed by atoms with E-state index >= 15 is 0 Å². The summed E-state index contributed by atoms with van der Waals surface area (Å²) in [6, 6.07) is 16.1. The van der Waals surface area contributed by atoms with Crippen molar-refractivity contribution in [2.45, 2.75) is 19.3 Å². The van der Waals surface area contributed by atoms with Gasteiger partial charge in [-0.05, 0) is 54.0 Å². The number of carbonyl (C=O) groups excluding carboxylic acids is 2. The number of nitrogens with one attached hydrogen (secondary N) is 1. The third-order valence-electron chi connectivity index (χ3n) is 6.13. The lowest BCUT2D eigenvalue weighted by molar-refractivity contribution is -0.133. The number of carbonyl (C=O) groups is 2. The molecule has 1 fully saturated rings. The summed E-state index contributed by atoms with van der Waals surface area (Å²) in [6.07, 6.45) is 6.86. The predicted octanol–water partition coefficient (Wildman–Crippen LogP) is 4.58. The molecule has 1 aromatic carbocycles. The molecule has 5 nitrogen and oxygen atoms in total. The van der Waals surface area contributed by atoms with Crippen molar-refractivity contribution in [3.8, 4) is 10.4 Å². The Morgan fingerprint density at radius 3 is 2.44 bits per heavy atom. The number of benzene rings is 1. The average molecular weight is 446 g/mol. The van der Waals surface area contributed by atoms with Gasteiger partial charge < -0.3 is 10.2 Å². The van der Waals surface area contributed by atoms with Crippen LogP contribution in [0.3, 0.4) is 0 Å². The Morgan fingerprint density at radius 1 is 1.09 bits per heavy atom. The van der Waals surface area contributed by atoms with Crippen LogP contribution in [0, 0.1) is 5.41 Å². The van der Waals surface area contributed by atoms with Crippen molar-refractivity contribution < 1.29 is 9.59 Å². The fraction of sp³-hybridized carbons (Fsp3) is 0.269. The molecule has 1 aliphatic heterocycles. The molecule has 4 rings (SSSR count). The molecule has 0 bridgehead atoms. The van der Waals surface area contributed by atoms with Gasteiger partial charge in [0.25, 0.3) is 5.91 Å². The molecule has 0 saturated carbocycles. The number of thiophene rings is 1. The molecule has 3 heterocycles. The van der Waals surface area contributed by atoms with E-state index in [1.54, 1.807) is 41.9 Å². The highest BCUT2D eigenvalue weighted by molar-refractivity contribution is 7.13. The SMILES string of the molecule is C=CCNC(=O)C1(Cc2ccc(-c3cccs3)cc2)CCN(C(=O)c2ccncc2)CC1. The highest BCUT2D eigenvalue weighted by Gasteiger charge is 2.42. The van der Waals surface area contributed by atoms with Crippen LogP contribution < -0.4 is 5.32 Å². The molecule has 164 valence electrons. The summed E-state index contributed by atoms with van der Waals surface area (Å²) < 4.78 is 0. The van der Waals surface area contributed by atoms with Crippen LogP contribution in [-0.4, -0.2) is 41.3 Å². The Hall–Kier alpha value is -3.25. The summed E-state index contributed by atoms with van der Waals surface area (Å²) in [7, 11) is 0. The number of nitrogens with zero attached hydrogens (tertiary/aromatic N) is 2. The molecule has 0 spiro atoms. The monoisotopic (exact) mass is 445 g/mol. The minimum atomic E-state index is -0.539. The Kier molecular flexibility index (Phi) is 6.81. The summed E-state index contributed by atoms with van der Waals surface area (Å²) in [5, 5.41) is 5.08. The van der Waals surface area contributed by atoms with Gasteiger partial charge >= 0.3 is 0 Å². The van der Waals surface area contributed by atoms with Gasteiger partial charge in [0.1, 0.15) is 0 Å². The second kappa shape index (κ2) is 9.92. The van der Waals surface area contributed by atoms with Crippen molar-refractivity contribution in [2.24, 2.45) is 5.41 Å². The first kappa shape index (κ1) is 22.0. The fourth-order valence-electron chi connectivity index (χ4n) is 4.27. The Labute approximate surface area is 192 Å². The van der Waals surface area contributed by atoms with Crippen LogP contribution >= 0.6 is 11.3 Å². The molecule has 2 amide bonds. The van der Waals surface area contributed by atoms with Crippen molar-refractivity contribution in [3.63, 3.8) is 0 Å². The van der Waals surface area contributed by atoms with E-state index in [1.165, 1.54) is 10.4 Å². The molecule has 1 N–H and O–H groups in total. The molecular weight excluding hydrogens is 418 g/mol. The standard InChI is InChI=1S/C26H27N3O2S/c1-2-13-28-25(31)26(19-20-5-7-21(8-6-20)23-4-3-18-32-23)11-16-29(17-12-26)24(30)22-9-14-27-15-10-22/h2-10,14-15,18H,1,11-13,16-17,19H2,(H,28,31). The molecule has 3 aromatic rings. The van der Waals surface area contributed by atoms with E-state index in [2.05, 4.69) is 52.6 Å². The summed E-state index contributed by atoms with van der Waals surface area (Å²) in [5.74, 6) is 0.0311. The molecule has 0 unspecified atom stereocenters. The number of hydrogen-bond donors (Lipinski definition) is 1. The Morgan fingerprint density at radius 2 is 1.81 bits per heavy atom. The maximum atomic E-state index is 13.2. The van der Waals surface area contributed by atoms with Gasteiger partial charge in [-0.2, -0.15) is 0 Å². The maximum absolute atomic E-state index is 13.2. The minimum Gasteiger partial charge on any atom is -0.352 e. The van der Waals surface area contributed by atoms with Gasteiger partial charge in [0.15, 0.2) is 0 Å². The lowest BCUT2D eigenvalue weighted by Crippen LogP contribution is -2.51. The lowest BCUT2D eigenvalue weighted by Gasteiger charge is -2.41. The van der Waals surface area contributed by atoms with Gasteiger partial charge in [-0.1, -0.05) is 36.4 Å². The zero-order valence-corrected chi connectivity index (χ0v) is 18.8. The normalized spacial score (nSPS) is 15.2. The first-order chi connectivity index (χ1) is 15.6. The van der Waals surface area contributed by atoms with Crippen LogP contribution in [0.4, 0.5) is 0 Å². The van der Waals surface area contributed by atoms with Crippen LogP contribution in [0.1, 0.15) is 28.8 Å². The molecule has 2 aromatic heterocycles. The molecule has 0 radical (unpaired) electrons. The fourth-order valence-corrected chi connectivity index (χ4v) is 5.00. The third kappa shape index (κ3) is 4.81. The molecule has 1 aliphatic rings. The second-order valence-electron chi connectivity index (χ2n) is 8.16. The molecule has 1 saturated heterocycles. The highest BCUT2D eigenvalue weighted by Crippen LogP contribution is 2.37. The van der Waals surface area contributed by atoms with Gasteiger partial charge in [-0.15, -0.1) is 17.9 Å². The van der Waals surface area contributed by atoms with Crippen molar-refractivity contribution >= 4 is 23.2 Å². The zero-order chi connectivity index (χ0) is 22.4.